The quantitative estimate of drug-likeness (QED) is 0.543. The predicted octanol–water partition coefficient (Wildman–Crippen LogP) is 1.81. The lowest BCUT2D eigenvalue weighted by molar-refractivity contribution is -0.117. The van der Waals surface area contributed by atoms with Crippen LogP contribution in [0.3, 0.4) is 0 Å². The molecule has 0 radical (unpaired) electrons. The van der Waals surface area contributed by atoms with Gasteiger partial charge in [-0.15, -0.1) is 0 Å². The zero-order valence-corrected chi connectivity index (χ0v) is 12.1. The van der Waals surface area contributed by atoms with Crippen LogP contribution in [0.2, 0.25) is 5.02 Å². The molecule has 0 atom stereocenters. The number of nitrogens with two attached hydrogens (primary N) is 3. The minimum Gasteiger partial charge on any atom is -0.383 e. The smallest absolute Gasteiger partial charge is 0.223 e. The summed E-state index contributed by atoms with van der Waals surface area (Å²) in [6, 6.07) is 5.55. The van der Waals surface area contributed by atoms with E-state index < -0.39 is 0 Å². The van der Waals surface area contributed by atoms with E-state index >= 15 is 0 Å². The average Bonchev–Trinajstić information content (AvgIpc) is 2.79. The molecule has 0 unspecified atom stereocenters. The third-order valence-electron chi connectivity index (χ3n) is 2.82. The summed E-state index contributed by atoms with van der Waals surface area (Å²) in [5.74, 6) is 0.236. The van der Waals surface area contributed by atoms with Crippen LogP contribution in [-0.4, -0.2) is 20.9 Å². The van der Waals surface area contributed by atoms with Gasteiger partial charge in [-0.25, -0.2) is 0 Å². The second-order valence-corrected chi connectivity index (χ2v) is 4.71. The Morgan fingerprint density at radius 1 is 1.29 bits per heavy atom. The van der Waals surface area contributed by atoms with Crippen LogP contribution in [0.15, 0.2) is 18.2 Å². The van der Waals surface area contributed by atoms with E-state index in [0.717, 1.165) is 16.3 Å². The van der Waals surface area contributed by atoms with E-state index in [1.54, 1.807) is 13.0 Å². The number of rotatable bonds is 1. The number of fused-ring (bicyclic) bond motifs is 3. The van der Waals surface area contributed by atoms with Crippen LogP contribution in [-0.2, 0) is 4.79 Å². The zero-order chi connectivity index (χ0) is 15.6. The van der Waals surface area contributed by atoms with Gasteiger partial charge in [0.1, 0.15) is 11.5 Å². The van der Waals surface area contributed by atoms with Crippen LogP contribution in [0.4, 0.5) is 11.8 Å². The molecule has 0 aliphatic carbocycles. The third-order valence-corrected chi connectivity index (χ3v) is 3.13. The molecule has 0 saturated heterocycles. The van der Waals surface area contributed by atoms with Gasteiger partial charge in [-0.2, -0.15) is 9.97 Å². The maximum absolute atomic E-state index is 9.59. The minimum absolute atomic E-state index is 0.146. The fourth-order valence-electron chi connectivity index (χ4n) is 1.84. The third kappa shape index (κ3) is 2.97. The molecule has 0 saturated carbocycles. The van der Waals surface area contributed by atoms with E-state index in [-0.39, 0.29) is 11.9 Å². The summed E-state index contributed by atoms with van der Waals surface area (Å²) in [4.78, 5) is 20.7. The Kier molecular flexibility index (Phi) is 4.13. The summed E-state index contributed by atoms with van der Waals surface area (Å²) in [6.45, 7) is 1.72. The van der Waals surface area contributed by atoms with Gasteiger partial charge in [-0.1, -0.05) is 24.6 Å². The Morgan fingerprint density at radius 2 is 1.95 bits per heavy atom. The van der Waals surface area contributed by atoms with Gasteiger partial charge in [0.15, 0.2) is 0 Å². The van der Waals surface area contributed by atoms with Gasteiger partial charge in [0.2, 0.25) is 11.9 Å². The molecule has 3 rings (SSSR count). The van der Waals surface area contributed by atoms with E-state index in [0.29, 0.717) is 22.9 Å². The van der Waals surface area contributed by atoms with Gasteiger partial charge in [-0.05, 0) is 12.1 Å². The maximum Gasteiger partial charge on any atom is 0.223 e. The lowest BCUT2D eigenvalue weighted by Gasteiger charge is -1.98. The molecule has 2 heterocycles. The highest BCUT2D eigenvalue weighted by Gasteiger charge is 2.12. The summed E-state index contributed by atoms with van der Waals surface area (Å²) in [6.07, 6.45) is 0.444. The number of aromatic nitrogens is 3. The molecule has 3 aromatic rings. The average molecular weight is 307 g/mol. The summed E-state index contributed by atoms with van der Waals surface area (Å²) in [7, 11) is 0. The fraction of sp³-hybridized carbons (Fsp3) is 0.154. The van der Waals surface area contributed by atoms with E-state index in [2.05, 4.69) is 20.7 Å². The number of nitrogens with zero attached hydrogens (tertiary/aromatic N) is 2. The number of anilines is 2. The van der Waals surface area contributed by atoms with Gasteiger partial charge in [0, 0.05) is 17.3 Å². The molecule has 21 heavy (non-hydrogen) atoms. The van der Waals surface area contributed by atoms with Crippen molar-refractivity contribution in [1.29, 1.82) is 0 Å². The van der Waals surface area contributed by atoms with Gasteiger partial charge < -0.3 is 22.2 Å². The molecule has 0 bridgehead atoms. The van der Waals surface area contributed by atoms with E-state index in [1.165, 1.54) is 0 Å². The number of amides is 1. The van der Waals surface area contributed by atoms with Gasteiger partial charge in [-0.3, -0.25) is 4.79 Å². The molecule has 0 spiro atoms. The van der Waals surface area contributed by atoms with Crippen molar-refractivity contribution in [3.05, 3.63) is 23.2 Å². The number of nitrogen functional groups attached to an aromatic ring is 2. The molecule has 0 aliphatic rings. The van der Waals surface area contributed by atoms with Gasteiger partial charge in [0.25, 0.3) is 0 Å². The first-order valence-electron chi connectivity index (χ1n) is 6.21. The first kappa shape index (κ1) is 14.9. The van der Waals surface area contributed by atoms with Crippen LogP contribution in [0.5, 0.6) is 0 Å². The SMILES string of the molecule is CCC(N)=O.Nc1nc(N)c2c(n1)[nH]c1cccc(Cl)c12. The number of hydrogen-bond acceptors (Lipinski definition) is 5. The Hall–Kier alpha value is -2.54. The Bertz CT molecular complexity index is 813. The summed E-state index contributed by atoms with van der Waals surface area (Å²) in [5, 5.41) is 2.16. The summed E-state index contributed by atoms with van der Waals surface area (Å²) < 4.78 is 0. The lowest BCUT2D eigenvalue weighted by atomic mass is 10.2. The van der Waals surface area contributed by atoms with Crippen molar-refractivity contribution in [3.8, 4) is 0 Å². The van der Waals surface area contributed by atoms with Crippen LogP contribution >= 0.6 is 11.6 Å². The molecule has 7 N–H and O–H groups in total. The molecule has 2 aromatic heterocycles. The van der Waals surface area contributed by atoms with Crippen molar-refractivity contribution >= 4 is 51.2 Å². The number of hydrogen-bond donors (Lipinski definition) is 4. The van der Waals surface area contributed by atoms with Crippen molar-refractivity contribution in [2.24, 2.45) is 5.73 Å². The largest absolute Gasteiger partial charge is 0.383 e. The lowest BCUT2D eigenvalue weighted by Crippen LogP contribution is -2.06. The summed E-state index contributed by atoms with van der Waals surface area (Å²) >= 11 is 6.13. The van der Waals surface area contributed by atoms with E-state index in [9.17, 15) is 4.79 Å². The second-order valence-electron chi connectivity index (χ2n) is 4.30. The molecule has 0 fully saturated rings. The molecule has 7 nitrogen and oxygen atoms in total. The van der Waals surface area contributed by atoms with Crippen LogP contribution in [0.1, 0.15) is 13.3 Å². The first-order valence-corrected chi connectivity index (χ1v) is 6.59. The van der Waals surface area contributed by atoms with E-state index in [4.69, 9.17) is 23.1 Å². The topological polar surface area (TPSA) is 137 Å². The van der Waals surface area contributed by atoms with Crippen molar-refractivity contribution in [2.75, 3.05) is 11.5 Å². The molecule has 110 valence electrons. The number of H-pyrrole nitrogens is 1. The standard InChI is InChI=1S/C10H8ClN5.C3H7NO/c11-4-2-1-3-5-6(4)7-8(12)15-10(13)16-9(7)14-5;1-2-3(4)5/h1-3H,(H5,12,13,14,15,16);2H2,1H3,(H2,4,5). The molecular formula is C13H15ClN6O. The normalized spacial score (nSPS) is 10.4. The number of carbonyl (C=O) groups excluding carboxylic acids is 1. The van der Waals surface area contributed by atoms with Gasteiger partial charge >= 0.3 is 0 Å². The molecule has 1 aromatic carbocycles. The highest BCUT2D eigenvalue weighted by Crippen LogP contribution is 2.33. The van der Waals surface area contributed by atoms with Crippen LogP contribution in [0.25, 0.3) is 21.9 Å². The molecule has 0 aliphatic heterocycles. The number of nitrogens with one attached hydrogen (secondary N) is 1. The molecule has 1 amide bonds. The molecule has 8 heteroatoms. The molecular weight excluding hydrogens is 292 g/mol. The number of benzene rings is 1. The highest BCUT2D eigenvalue weighted by atomic mass is 35.5. The summed E-state index contributed by atoms with van der Waals surface area (Å²) in [5.41, 5.74) is 17.5. The number of aromatic amines is 1. The second kappa shape index (κ2) is 5.84. The highest BCUT2D eigenvalue weighted by molar-refractivity contribution is 6.38. The van der Waals surface area contributed by atoms with Crippen molar-refractivity contribution in [2.45, 2.75) is 13.3 Å². The number of halogens is 1. The first-order chi connectivity index (χ1) is 9.93. The van der Waals surface area contributed by atoms with Crippen molar-refractivity contribution in [3.63, 3.8) is 0 Å². The number of carbonyl (C=O) groups is 1. The van der Waals surface area contributed by atoms with Crippen molar-refractivity contribution in [1.82, 2.24) is 15.0 Å². The van der Waals surface area contributed by atoms with E-state index in [1.807, 2.05) is 12.1 Å². The maximum atomic E-state index is 9.59. The Morgan fingerprint density at radius 3 is 2.57 bits per heavy atom. The van der Waals surface area contributed by atoms with Crippen molar-refractivity contribution < 1.29 is 4.79 Å². The predicted molar refractivity (Wildman–Crippen MR) is 84.7 cm³/mol. The Labute approximate surface area is 125 Å². The minimum atomic E-state index is -0.245. The zero-order valence-electron chi connectivity index (χ0n) is 11.4. The fourth-order valence-corrected chi connectivity index (χ4v) is 2.11. The van der Waals surface area contributed by atoms with Crippen LogP contribution < -0.4 is 17.2 Å². The Balaban J connectivity index is 0.000000282. The van der Waals surface area contributed by atoms with Crippen LogP contribution in [0, 0.1) is 0 Å². The number of primary amides is 1. The van der Waals surface area contributed by atoms with Gasteiger partial charge in [0.05, 0.1) is 10.4 Å². The monoisotopic (exact) mass is 306 g/mol.